The number of imide groups is 1. The Morgan fingerprint density at radius 3 is 2.53 bits per heavy atom. The monoisotopic (exact) mass is 438 g/mol. The number of piperidine rings is 2. The van der Waals surface area contributed by atoms with E-state index in [2.05, 4.69) is 28.2 Å². The van der Waals surface area contributed by atoms with E-state index in [0.29, 0.717) is 24.4 Å². The molecule has 172 valence electrons. The summed E-state index contributed by atoms with van der Waals surface area (Å²) in [5.41, 5.74) is 2.92. The number of likely N-dealkylation sites (tertiary alicyclic amines) is 1. The van der Waals surface area contributed by atoms with Crippen molar-refractivity contribution in [2.45, 2.75) is 57.5 Å². The summed E-state index contributed by atoms with van der Waals surface area (Å²) in [4.78, 5) is 43.8. The minimum atomic E-state index is -0.561. The van der Waals surface area contributed by atoms with Crippen LogP contribution in [0.3, 0.4) is 0 Å². The first-order chi connectivity index (χ1) is 15.5. The van der Waals surface area contributed by atoms with Crippen molar-refractivity contribution >= 4 is 23.4 Å². The molecular weight excluding hydrogens is 404 g/mol. The number of fused-ring (bicyclic) bond motifs is 1. The van der Waals surface area contributed by atoms with Gasteiger partial charge < -0.3 is 14.7 Å². The second kappa shape index (κ2) is 8.85. The normalized spacial score (nSPS) is 24.6. The van der Waals surface area contributed by atoms with Gasteiger partial charge in [-0.25, -0.2) is 0 Å². The highest BCUT2D eigenvalue weighted by atomic mass is 16.2. The smallest absolute Gasteiger partial charge is 0.255 e. The van der Waals surface area contributed by atoms with Gasteiger partial charge in [-0.1, -0.05) is 18.9 Å². The van der Waals surface area contributed by atoms with Crippen molar-refractivity contribution in [1.82, 2.24) is 15.1 Å². The number of nitrogens with one attached hydrogen (secondary N) is 1. The Labute approximate surface area is 190 Å². The maximum Gasteiger partial charge on any atom is 0.255 e. The van der Waals surface area contributed by atoms with Gasteiger partial charge in [0.05, 0.1) is 0 Å². The Morgan fingerprint density at radius 2 is 1.81 bits per heavy atom. The fraction of sp³-hybridized carbons (Fsp3) is 0.640. The van der Waals surface area contributed by atoms with Crippen molar-refractivity contribution in [2.24, 2.45) is 11.8 Å². The van der Waals surface area contributed by atoms with Crippen molar-refractivity contribution in [2.75, 3.05) is 38.1 Å². The van der Waals surface area contributed by atoms with Crippen LogP contribution in [0.4, 0.5) is 5.69 Å². The van der Waals surface area contributed by atoms with Crippen molar-refractivity contribution < 1.29 is 14.4 Å². The largest absolute Gasteiger partial charge is 0.371 e. The summed E-state index contributed by atoms with van der Waals surface area (Å²) in [5, 5.41) is 2.40. The Kier molecular flexibility index (Phi) is 5.93. The summed E-state index contributed by atoms with van der Waals surface area (Å²) in [6, 6.07) is 5.47. The first kappa shape index (κ1) is 21.4. The van der Waals surface area contributed by atoms with Gasteiger partial charge in [-0.15, -0.1) is 0 Å². The number of benzene rings is 1. The molecule has 3 amide bonds. The quantitative estimate of drug-likeness (QED) is 0.662. The Bertz CT molecular complexity index is 904. The minimum absolute atomic E-state index is 0.0854. The molecule has 5 rings (SSSR count). The van der Waals surface area contributed by atoms with Gasteiger partial charge in [0.15, 0.2) is 0 Å². The van der Waals surface area contributed by atoms with Crippen molar-refractivity contribution in [3.05, 3.63) is 29.3 Å². The number of carbonyl (C=O) groups excluding carboxylic acids is 3. The molecule has 4 aliphatic rings. The predicted molar refractivity (Wildman–Crippen MR) is 122 cm³/mol. The third-order valence-electron chi connectivity index (χ3n) is 7.72. The van der Waals surface area contributed by atoms with Gasteiger partial charge in [-0.2, -0.15) is 0 Å². The summed E-state index contributed by atoms with van der Waals surface area (Å²) < 4.78 is 0. The topological polar surface area (TPSA) is 73.0 Å². The zero-order valence-corrected chi connectivity index (χ0v) is 19.0. The molecule has 0 radical (unpaired) electrons. The van der Waals surface area contributed by atoms with Gasteiger partial charge in [-0.05, 0) is 69.8 Å². The lowest BCUT2D eigenvalue weighted by molar-refractivity contribution is -0.136. The lowest BCUT2D eigenvalue weighted by atomic mass is 9.95. The average Bonchev–Trinajstić information content (AvgIpc) is 3.55. The van der Waals surface area contributed by atoms with E-state index in [9.17, 15) is 14.4 Å². The molecule has 1 N–H and O–H groups in total. The minimum Gasteiger partial charge on any atom is -0.371 e. The van der Waals surface area contributed by atoms with E-state index in [0.717, 1.165) is 43.3 Å². The third-order valence-corrected chi connectivity index (χ3v) is 7.72. The zero-order valence-electron chi connectivity index (χ0n) is 19.0. The first-order valence-corrected chi connectivity index (χ1v) is 12.2. The number of carbonyl (C=O) groups is 3. The molecule has 1 aromatic rings. The fourth-order valence-corrected chi connectivity index (χ4v) is 5.48. The van der Waals surface area contributed by atoms with Crippen LogP contribution in [0.25, 0.3) is 0 Å². The van der Waals surface area contributed by atoms with E-state index in [1.54, 1.807) is 4.90 Å². The zero-order chi connectivity index (χ0) is 22.2. The molecule has 1 aromatic carbocycles. The van der Waals surface area contributed by atoms with Crippen molar-refractivity contribution in [3.8, 4) is 0 Å². The predicted octanol–water partition coefficient (Wildman–Crippen LogP) is 2.40. The molecule has 7 heteroatoms. The molecule has 3 aliphatic heterocycles. The highest BCUT2D eigenvalue weighted by Gasteiger charge is 2.40. The van der Waals surface area contributed by atoms with E-state index in [1.165, 1.54) is 32.1 Å². The molecule has 1 atom stereocenters. The molecule has 3 heterocycles. The van der Waals surface area contributed by atoms with E-state index < -0.39 is 6.04 Å². The molecule has 1 aliphatic carbocycles. The fourth-order valence-electron chi connectivity index (χ4n) is 5.48. The molecule has 3 fully saturated rings. The molecule has 1 saturated carbocycles. The molecule has 2 saturated heterocycles. The van der Waals surface area contributed by atoms with Crippen LogP contribution in [-0.4, -0.2) is 66.8 Å². The van der Waals surface area contributed by atoms with Crippen LogP contribution >= 0.6 is 0 Å². The molecular formula is C25H34N4O3. The average molecular weight is 439 g/mol. The Hall–Kier alpha value is -2.41. The van der Waals surface area contributed by atoms with Gasteiger partial charge in [-0.3, -0.25) is 19.7 Å². The van der Waals surface area contributed by atoms with E-state index >= 15 is 0 Å². The van der Waals surface area contributed by atoms with Crippen LogP contribution in [0.15, 0.2) is 18.2 Å². The standard InChI is InChI=1S/C25H34N4O3/c1-27-12-9-18(10-13-27)15-28(14-11-17-5-6-17)21-4-2-3-19-20(21)16-29(25(19)32)22-7-8-23(30)26-24(22)31/h2-4,17-18,22H,5-16H2,1H3,(H,26,30,31). The number of hydrogen-bond acceptors (Lipinski definition) is 5. The van der Waals surface area contributed by atoms with Gasteiger partial charge >= 0.3 is 0 Å². The van der Waals surface area contributed by atoms with Gasteiger partial charge in [0.1, 0.15) is 6.04 Å². The number of nitrogens with zero attached hydrogens (tertiary/aromatic N) is 3. The Morgan fingerprint density at radius 1 is 1.03 bits per heavy atom. The highest BCUT2D eigenvalue weighted by molar-refractivity contribution is 6.06. The van der Waals surface area contributed by atoms with Crippen LogP contribution in [0.2, 0.25) is 0 Å². The number of rotatable bonds is 7. The van der Waals surface area contributed by atoms with Gasteiger partial charge in [0.25, 0.3) is 5.91 Å². The number of hydrogen-bond donors (Lipinski definition) is 1. The number of anilines is 1. The van der Waals surface area contributed by atoms with E-state index in [4.69, 9.17) is 0 Å². The van der Waals surface area contributed by atoms with Crippen LogP contribution in [0.5, 0.6) is 0 Å². The second-order valence-electron chi connectivity index (χ2n) is 10.1. The summed E-state index contributed by atoms with van der Waals surface area (Å²) in [7, 11) is 2.19. The van der Waals surface area contributed by atoms with Gasteiger partial charge in [0, 0.05) is 42.9 Å². The maximum absolute atomic E-state index is 13.2. The third kappa shape index (κ3) is 4.40. The second-order valence-corrected chi connectivity index (χ2v) is 10.1. The molecule has 32 heavy (non-hydrogen) atoms. The number of amides is 3. The maximum atomic E-state index is 13.2. The van der Waals surface area contributed by atoms with Gasteiger partial charge in [0.2, 0.25) is 11.8 Å². The molecule has 0 spiro atoms. The van der Waals surface area contributed by atoms with Crippen molar-refractivity contribution in [1.29, 1.82) is 0 Å². The molecule has 1 unspecified atom stereocenters. The highest BCUT2D eigenvalue weighted by Crippen LogP contribution is 2.37. The van der Waals surface area contributed by atoms with Crippen LogP contribution in [-0.2, 0) is 16.1 Å². The van der Waals surface area contributed by atoms with Crippen LogP contribution in [0.1, 0.15) is 60.9 Å². The summed E-state index contributed by atoms with van der Waals surface area (Å²) in [5.74, 6) is 0.845. The van der Waals surface area contributed by atoms with E-state index in [1.807, 2.05) is 12.1 Å². The molecule has 0 aromatic heterocycles. The van der Waals surface area contributed by atoms with Crippen molar-refractivity contribution in [3.63, 3.8) is 0 Å². The molecule has 7 nitrogen and oxygen atoms in total. The van der Waals surface area contributed by atoms with Crippen LogP contribution < -0.4 is 10.2 Å². The summed E-state index contributed by atoms with van der Waals surface area (Å²) >= 11 is 0. The first-order valence-electron chi connectivity index (χ1n) is 12.2. The summed E-state index contributed by atoms with van der Waals surface area (Å²) in [6.45, 7) is 4.80. The Balaban J connectivity index is 1.37. The molecule has 0 bridgehead atoms. The van der Waals surface area contributed by atoms with Crippen LogP contribution in [0, 0.1) is 11.8 Å². The lowest BCUT2D eigenvalue weighted by Gasteiger charge is -2.35. The lowest BCUT2D eigenvalue weighted by Crippen LogP contribution is -2.52. The summed E-state index contributed by atoms with van der Waals surface area (Å²) in [6.07, 6.45) is 7.02. The van der Waals surface area contributed by atoms with E-state index in [-0.39, 0.29) is 24.1 Å². The SMILES string of the molecule is CN1CCC(CN(CCC2CC2)c2cccc3c2CN(C2CCC(=O)NC2=O)C3=O)CC1.